The van der Waals surface area contributed by atoms with Crippen LogP contribution in [0, 0.1) is 6.92 Å². The largest absolute Gasteiger partial charge is 0.508 e. The van der Waals surface area contributed by atoms with Gasteiger partial charge in [0.05, 0.1) is 12.8 Å². The Morgan fingerprint density at radius 2 is 2.15 bits per heavy atom. The molecular weight excluding hydrogens is 274 g/mol. The van der Waals surface area contributed by atoms with E-state index >= 15 is 0 Å². The van der Waals surface area contributed by atoms with Gasteiger partial charge in [0, 0.05) is 12.6 Å². The summed E-state index contributed by atoms with van der Waals surface area (Å²) >= 11 is 1.35. The van der Waals surface area contributed by atoms with Gasteiger partial charge in [-0.2, -0.15) is 0 Å². The van der Waals surface area contributed by atoms with E-state index in [1.807, 2.05) is 19.2 Å². The van der Waals surface area contributed by atoms with Crippen molar-refractivity contribution in [1.29, 1.82) is 0 Å². The first-order valence-electron chi connectivity index (χ1n) is 6.31. The number of aryl methyl sites for hydroxylation is 1. The van der Waals surface area contributed by atoms with E-state index in [0.29, 0.717) is 22.9 Å². The van der Waals surface area contributed by atoms with Crippen LogP contribution in [0.4, 0.5) is 5.69 Å². The summed E-state index contributed by atoms with van der Waals surface area (Å²) in [6.07, 6.45) is 0. The summed E-state index contributed by atoms with van der Waals surface area (Å²) in [7, 11) is 1.55. The topological polar surface area (TPSA) is 49.8 Å². The number of phenols is 1. The van der Waals surface area contributed by atoms with Gasteiger partial charge in [0.1, 0.15) is 16.4 Å². The number of hydrogen-bond donors (Lipinski definition) is 1. The van der Waals surface area contributed by atoms with Crippen LogP contribution < -0.4 is 9.64 Å². The molecule has 0 saturated heterocycles. The number of carbonyl (C=O) groups is 1. The molecule has 1 N–H and O–H groups in total. The normalized spacial score (nSPS) is 10.3. The van der Waals surface area contributed by atoms with E-state index in [-0.39, 0.29) is 11.7 Å². The Morgan fingerprint density at radius 3 is 2.80 bits per heavy atom. The lowest BCUT2D eigenvalue weighted by Gasteiger charge is -2.23. The molecule has 0 atom stereocenters. The van der Waals surface area contributed by atoms with E-state index in [4.69, 9.17) is 4.74 Å². The van der Waals surface area contributed by atoms with Gasteiger partial charge in [0.2, 0.25) is 0 Å². The van der Waals surface area contributed by atoms with Crippen LogP contribution >= 0.6 is 11.3 Å². The van der Waals surface area contributed by atoms with Gasteiger partial charge in [-0.25, -0.2) is 0 Å². The van der Waals surface area contributed by atoms with Crippen molar-refractivity contribution >= 4 is 22.9 Å². The number of amides is 1. The number of carbonyl (C=O) groups excluding carboxylic acids is 1. The highest BCUT2D eigenvalue weighted by molar-refractivity contribution is 7.12. The Labute approximate surface area is 122 Å². The first kappa shape index (κ1) is 14.4. The molecule has 0 fully saturated rings. The third kappa shape index (κ3) is 2.63. The van der Waals surface area contributed by atoms with Gasteiger partial charge < -0.3 is 14.7 Å². The lowest BCUT2D eigenvalue weighted by atomic mass is 10.1. The number of methoxy groups -OCH3 is 1. The Bertz CT molecular complexity index is 621. The number of benzene rings is 1. The highest BCUT2D eigenvalue weighted by Crippen LogP contribution is 2.30. The summed E-state index contributed by atoms with van der Waals surface area (Å²) in [5.74, 6) is 0.610. The van der Waals surface area contributed by atoms with Gasteiger partial charge in [-0.15, -0.1) is 11.3 Å². The average molecular weight is 291 g/mol. The lowest BCUT2D eigenvalue weighted by Crippen LogP contribution is -2.30. The lowest BCUT2D eigenvalue weighted by molar-refractivity contribution is 0.0989. The zero-order valence-electron chi connectivity index (χ0n) is 11.7. The average Bonchev–Trinajstić information content (AvgIpc) is 2.91. The molecule has 0 aliphatic heterocycles. The van der Waals surface area contributed by atoms with Crippen molar-refractivity contribution in [2.45, 2.75) is 13.8 Å². The van der Waals surface area contributed by atoms with Crippen LogP contribution in [0.2, 0.25) is 0 Å². The van der Waals surface area contributed by atoms with Gasteiger partial charge in [-0.1, -0.05) is 6.07 Å². The molecule has 0 saturated carbocycles. The second kappa shape index (κ2) is 5.96. The van der Waals surface area contributed by atoms with E-state index in [2.05, 4.69) is 0 Å². The molecule has 1 aromatic carbocycles. The maximum atomic E-state index is 12.7. The number of phenolic OH excluding ortho intramolecular Hbond substituents is 1. The minimum absolute atomic E-state index is 0.118. The van der Waals surface area contributed by atoms with Crippen molar-refractivity contribution < 1.29 is 14.6 Å². The summed E-state index contributed by atoms with van der Waals surface area (Å²) in [5, 5.41) is 11.5. The van der Waals surface area contributed by atoms with E-state index < -0.39 is 0 Å². The fourth-order valence-electron chi connectivity index (χ4n) is 2.05. The molecule has 5 heteroatoms. The number of aromatic hydroxyl groups is 1. The maximum absolute atomic E-state index is 12.7. The number of hydrogen-bond acceptors (Lipinski definition) is 4. The van der Waals surface area contributed by atoms with E-state index in [1.165, 1.54) is 11.3 Å². The molecule has 106 valence electrons. The molecule has 4 nitrogen and oxygen atoms in total. The van der Waals surface area contributed by atoms with Crippen molar-refractivity contribution in [2.24, 2.45) is 0 Å². The highest BCUT2D eigenvalue weighted by atomic mass is 32.1. The fourth-order valence-corrected chi connectivity index (χ4v) is 2.85. The van der Waals surface area contributed by atoms with Crippen LogP contribution in [-0.4, -0.2) is 24.7 Å². The Kier molecular flexibility index (Phi) is 4.29. The van der Waals surface area contributed by atoms with Crippen molar-refractivity contribution in [3.05, 3.63) is 40.1 Å². The minimum Gasteiger partial charge on any atom is -0.508 e. The first-order chi connectivity index (χ1) is 9.58. The predicted octanol–water partition coefficient (Wildman–Crippen LogP) is 3.44. The summed E-state index contributed by atoms with van der Waals surface area (Å²) in [5.41, 5.74) is 1.65. The SMILES string of the molecule is CCN(C(=O)c1sccc1OC)c1cc(O)ccc1C. The van der Waals surface area contributed by atoms with Crippen LogP contribution in [0.15, 0.2) is 29.6 Å². The predicted molar refractivity (Wildman–Crippen MR) is 81.1 cm³/mol. The quantitative estimate of drug-likeness (QED) is 0.938. The van der Waals surface area contributed by atoms with Gasteiger partial charge in [-0.05, 0) is 36.9 Å². The van der Waals surface area contributed by atoms with Crippen LogP contribution in [0.1, 0.15) is 22.2 Å². The molecule has 0 aliphatic rings. The molecular formula is C15H17NO3S. The van der Waals surface area contributed by atoms with Crippen LogP contribution in [0.3, 0.4) is 0 Å². The Hall–Kier alpha value is -2.01. The summed E-state index contributed by atoms with van der Waals surface area (Å²) in [6, 6.07) is 6.80. The first-order valence-corrected chi connectivity index (χ1v) is 7.19. The highest BCUT2D eigenvalue weighted by Gasteiger charge is 2.22. The molecule has 0 radical (unpaired) electrons. The van der Waals surface area contributed by atoms with E-state index in [1.54, 1.807) is 36.3 Å². The van der Waals surface area contributed by atoms with Crippen molar-refractivity contribution in [1.82, 2.24) is 0 Å². The standard InChI is InChI=1S/C15H17NO3S/c1-4-16(12-9-11(17)6-5-10(12)2)15(18)14-13(19-3)7-8-20-14/h5-9,17H,4H2,1-3H3. The number of nitrogens with zero attached hydrogens (tertiary/aromatic N) is 1. The number of ether oxygens (including phenoxy) is 1. The summed E-state index contributed by atoms with van der Waals surface area (Å²) in [6.45, 7) is 4.34. The monoisotopic (exact) mass is 291 g/mol. The minimum atomic E-state index is -0.118. The number of rotatable bonds is 4. The van der Waals surface area contributed by atoms with E-state index in [0.717, 1.165) is 5.56 Å². The van der Waals surface area contributed by atoms with Gasteiger partial charge >= 0.3 is 0 Å². The van der Waals surface area contributed by atoms with Crippen molar-refractivity contribution in [3.8, 4) is 11.5 Å². The molecule has 2 rings (SSSR count). The van der Waals surface area contributed by atoms with Crippen molar-refractivity contribution in [2.75, 3.05) is 18.6 Å². The fraction of sp³-hybridized carbons (Fsp3) is 0.267. The smallest absolute Gasteiger partial charge is 0.272 e. The number of thiophene rings is 1. The van der Waals surface area contributed by atoms with E-state index in [9.17, 15) is 9.90 Å². The summed E-state index contributed by atoms with van der Waals surface area (Å²) < 4.78 is 5.20. The second-order valence-electron chi connectivity index (χ2n) is 4.34. The molecule has 0 unspecified atom stereocenters. The molecule has 20 heavy (non-hydrogen) atoms. The Morgan fingerprint density at radius 1 is 1.40 bits per heavy atom. The van der Waals surface area contributed by atoms with Crippen molar-refractivity contribution in [3.63, 3.8) is 0 Å². The maximum Gasteiger partial charge on any atom is 0.272 e. The molecule has 2 aromatic rings. The second-order valence-corrected chi connectivity index (χ2v) is 5.25. The molecule has 1 amide bonds. The van der Waals surface area contributed by atoms with Crippen LogP contribution in [0.25, 0.3) is 0 Å². The zero-order valence-corrected chi connectivity index (χ0v) is 12.5. The molecule has 0 aliphatic carbocycles. The van der Waals surface area contributed by atoms with Gasteiger partial charge in [-0.3, -0.25) is 4.79 Å². The Balaban J connectivity index is 2.42. The van der Waals surface area contributed by atoms with Crippen LogP contribution in [0.5, 0.6) is 11.5 Å². The summed E-state index contributed by atoms with van der Waals surface area (Å²) in [4.78, 5) is 14.9. The molecule has 1 aromatic heterocycles. The third-order valence-corrected chi connectivity index (χ3v) is 3.97. The molecule has 0 spiro atoms. The van der Waals surface area contributed by atoms with Crippen LogP contribution in [-0.2, 0) is 0 Å². The van der Waals surface area contributed by atoms with Gasteiger partial charge in [0.15, 0.2) is 0 Å². The number of anilines is 1. The third-order valence-electron chi connectivity index (χ3n) is 3.09. The molecule has 1 heterocycles. The zero-order chi connectivity index (χ0) is 14.7. The van der Waals surface area contributed by atoms with Gasteiger partial charge in [0.25, 0.3) is 5.91 Å². The molecule has 0 bridgehead atoms.